The Hall–Kier alpha value is -2.04. The van der Waals surface area contributed by atoms with E-state index >= 15 is 0 Å². The average molecular weight is 332 g/mol. The molecule has 0 aliphatic carbocycles. The van der Waals surface area contributed by atoms with Gasteiger partial charge in [-0.3, -0.25) is 9.59 Å². The third kappa shape index (κ3) is 4.08. The molecule has 2 amide bonds. The summed E-state index contributed by atoms with van der Waals surface area (Å²) in [4.78, 5) is 28.0. The number of para-hydroxylation sites is 1. The van der Waals surface area contributed by atoms with Gasteiger partial charge in [0.25, 0.3) is 0 Å². The molecule has 1 aromatic carbocycles. The lowest BCUT2D eigenvalue weighted by atomic mass is 10.0. The molecule has 1 fully saturated rings. The highest BCUT2D eigenvalue weighted by molar-refractivity contribution is 5.94. The van der Waals surface area contributed by atoms with E-state index in [0.29, 0.717) is 25.6 Å². The fourth-order valence-electron chi connectivity index (χ4n) is 3.07. The summed E-state index contributed by atoms with van der Waals surface area (Å²) >= 11 is 0. The van der Waals surface area contributed by atoms with Gasteiger partial charge in [0, 0.05) is 6.54 Å². The van der Waals surface area contributed by atoms with Gasteiger partial charge in [-0.1, -0.05) is 39.0 Å². The molecule has 0 aromatic heterocycles. The number of benzene rings is 1. The first-order chi connectivity index (χ1) is 11.5. The van der Waals surface area contributed by atoms with Crippen LogP contribution in [-0.2, 0) is 9.59 Å². The fraction of sp³-hybridized carbons (Fsp3) is 0.579. The van der Waals surface area contributed by atoms with Crippen molar-refractivity contribution in [1.29, 1.82) is 0 Å². The van der Waals surface area contributed by atoms with E-state index in [2.05, 4.69) is 19.9 Å². The van der Waals surface area contributed by atoms with E-state index in [1.807, 2.05) is 25.1 Å². The van der Waals surface area contributed by atoms with Crippen LogP contribution >= 0.6 is 0 Å². The summed E-state index contributed by atoms with van der Waals surface area (Å²) in [6.45, 7) is 9.69. The molecule has 1 aliphatic heterocycles. The van der Waals surface area contributed by atoms with Gasteiger partial charge in [0.2, 0.25) is 11.8 Å². The number of carbonyl (C=O) groups is 2. The first kappa shape index (κ1) is 18.3. The van der Waals surface area contributed by atoms with Gasteiger partial charge < -0.3 is 14.5 Å². The van der Waals surface area contributed by atoms with Crippen molar-refractivity contribution in [3.05, 3.63) is 29.8 Å². The number of carbonyl (C=O) groups excluding carboxylic acids is 2. The van der Waals surface area contributed by atoms with Crippen LogP contribution in [0.4, 0.5) is 0 Å². The first-order valence-corrected chi connectivity index (χ1v) is 8.75. The molecule has 5 heteroatoms. The van der Waals surface area contributed by atoms with E-state index in [1.54, 1.807) is 16.7 Å². The van der Waals surface area contributed by atoms with Gasteiger partial charge >= 0.3 is 0 Å². The Balaban J connectivity index is 1.95. The maximum absolute atomic E-state index is 12.3. The molecule has 1 saturated heterocycles. The van der Waals surface area contributed by atoms with Crippen molar-refractivity contribution in [3.8, 4) is 5.75 Å². The van der Waals surface area contributed by atoms with Gasteiger partial charge in [-0.25, -0.2) is 0 Å². The molecular formula is C19H28N2O3. The Morgan fingerprint density at radius 1 is 1.21 bits per heavy atom. The SMILES string of the molecule is CCCN1CC(=O)N(CCOc2ccccc2C(C)C)[C@@H](C)C1=O. The molecule has 1 aromatic rings. The van der Waals surface area contributed by atoms with Crippen LogP contribution < -0.4 is 4.74 Å². The van der Waals surface area contributed by atoms with Gasteiger partial charge in [0.05, 0.1) is 13.1 Å². The van der Waals surface area contributed by atoms with Crippen LogP contribution in [0.3, 0.4) is 0 Å². The van der Waals surface area contributed by atoms with Gasteiger partial charge in [0.1, 0.15) is 18.4 Å². The van der Waals surface area contributed by atoms with E-state index < -0.39 is 6.04 Å². The molecule has 132 valence electrons. The van der Waals surface area contributed by atoms with Crippen LogP contribution in [0, 0.1) is 0 Å². The van der Waals surface area contributed by atoms with Crippen molar-refractivity contribution in [2.75, 3.05) is 26.2 Å². The quantitative estimate of drug-likeness (QED) is 0.771. The van der Waals surface area contributed by atoms with Crippen LogP contribution in [0.2, 0.25) is 0 Å². The maximum atomic E-state index is 12.3. The van der Waals surface area contributed by atoms with Crippen molar-refractivity contribution in [3.63, 3.8) is 0 Å². The van der Waals surface area contributed by atoms with Gasteiger partial charge in [0.15, 0.2) is 0 Å². The summed E-state index contributed by atoms with van der Waals surface area (Å²) in [5, 5.41) is 0. The van der Waals surface area contributed by atoms with Crippen LogP contribution in [0.5, 0.6) is 5.75 Å². The predicted molar refractivity (Wildman–Crippen MR) is 94.1 cm³/mol. The summed E-state index contributed by atoms with van der Waals surface area (Å²) in [5.74, 6) is 1.25. The molecule has 0 N–H and O–H groups in total. The monoisotopic (exact) mass is 332 g/mol. The van der Waals surface area contributed by atoms with Crippen molar-refractivity contribution in [2.45, 2.75) is 46.1 Å². The summed E-state index contributed by atoms with van der Waals surface area (Å²) < 4.78 is 5.89. The fourth-order valence-corrected chi connectivity index (χ4v) is 3.07. The number of rotatable bonds is 7. The van der Waals surface area contributed by atoms with Crippen molar-refractivity contribution in [2.24, 2.45) is 0 Å². The topological polar surface area (TPSA) is 49.9 Å². The third-order valence-electron chi connectivity index (χ3n) is 4.41. The standard InChI is InChI=1S/C19H28N2O3/c1-5-10-20-13-18(22)21(15(4)19(20)23)11-12-24-17-9-7-6-8-16(17)14(2)3/h6-9,14-15H,5,10-13H2,1-4H3/t15-/m0/s1. The molecule has 0 bridgehead atoms. The Labute approximate surface area is 144 Å². The highest BCUT2D eigenvalue weighted by Crippen LogP contribution is 2.25. The van der Waals surface area contributed by atoms with Crippen molar-refractivity contribution >= 4 is 11.8 Å². The minimum atomic E-state index is -0.415. The minimum absolute atomic E-state index is 0.00343. The number of hydrogen-bond donors (Lipinski definition) is 0. The zero-order valence-electron chi connectivity index (χ0n) is 15.1. The molecule has 0 unspecified atom stereocenters. The molecule has 0 spiro atoms. The van der Waals surface area contributed by atoms with Crippen molar-refractivity contribution < 1.29 is 14.3 Å². The van der Waals surface area contributed by atoms with Crippen molar-refractivity contribution in [1.82, 2.24) is 9.80 Å². The number of nitrogens with zero attached hydrogens (tertiary/aromatic N) is 2. The second kappa shape index (κ2) is 8.18. The summed E-state index contributed by atoms with van der Waals surface area (Å²) in [6, 6.07) is 7.54. The normalized spacial score (nSPS) is 18.5. The second-order valence-corrected chi connectivity index (χ2v) is 6.56. The van der Waals surface area contributed by atoms with E-state index in [4.69, 9.17) is 4.74 Å². The molecule has 1 atom stereocenters. The van der Waals surface area contributed by atoms with Gasteiger partial charge in [-0.05, 0) is 30.9 Å². The number of piperazine rings is 1. The van der Waals surface area contributed by atoms with E-state index in [0.717, 1.165) is 17.7 Å². The van der Waals surface area contributed by atoms with E-state index in [1.165, 1.54) is 0 Å². The lowest BCUT2D eigenvalue weighted by Crippen LogP contribution is -2.59. The zero-order chi connectivity index (χ0) is 17.7. The molecular weight excluding hydrogens is 304 g/mol. The lowest BCUT2D eigenvalue weighted by Gasteiger charge is -2.38. The maximum Gasteiger partial charge on any atom is 0.245 e. The number of hydrogen-bond acceptors (Lipinski definition) is 3. The van der Waals surface area contributed by atoms with Crippen LogP contribution in [0.25, 0.3) is 0 Å². The number of ether oxygens (including phenoxy) is 1. The van der Waals surface area contributed by atoms with Crippen LogP contribution in [0.15, 0.2) is 24.3 Å². The third-order valence-corrected chi connectivity index (χ3v) is 4.41. The Morgan fingerprint density at radius 3 is 2.58 bits per heavy atom. The average Bonchev–Trinajstić information content (AvgIpc) is 2.56. The second-order valence-electron chi connectivity index (χ2n) is 6.56. The van der Waals surface area contributed by atoms with Gasteiger partial charge in [-0.15, -0.1) is 0 Å². The van der Waals surface area contributed by atoms with E-state index in [9.17, 15) is 9.59 Å². The lowest BCUT2D eigenvalue weighted by molar-refractivity contribution is -0.155. The number of amides is 2. The molecule has 1 aliphatic rings. The Bertz CT molecular complexity index is 586. The predicted octanol–water partition coefficient (Wildman–Crippen LogP) is 2.66. The molecule has 5 nitrogen and oxygen atoms in total. The molecule has 2 rings (SSSR count). The van der Waals surface area contributed by atoms with Crippen LogP contribution in [-0.4, -0.2) is 53.9 Å². The molecule has 1 heterocycles. The highest BCUT2D eigenvalue weighted by atomic mass is 16.5. The minimum Gasteiger partial charge on any atom is -0.491 e. The zero-order valence-corrected chi connectivity index (χ0v) is 15.1. The molecule has 24 heavy (non-hydrogen) atoms. The summed E-state index contributed by atoms with van der Waals surface area (Å²) in [5.41, 5.74) is 1.15. The van der Waals surface area contributed by atoms with E-state index in [-0.39, 0.29) is 18.4 Å². The largest absolute Gasteiger partial charge is 0.491 e. The van der Waals surface area contributed by atoms with Gasteiger partial charge in [-0.2, -0.15) is 0 Å². The molecule has 0 radical (unpaired) electrons. The summed E-state index contributed by atoms with van der Waals surface area (Å²) in [7, 11) is 0. The molecule has 0 saturated carbocycles. The highest BCUT2D eigenvalue weighted by Gasteiger charge is 2.35. The summed E-state index contributed by atoms with van der Waals surface area (Å²) in [6.07, 6.45) is 0.862. The smallest absolute Gasteiger partial charge is 0.245 e. The van der Waals surface area contributed by atoms with Crippen LogP contribution in [0.1, 0.15) is 45.6 Å². The first-order valence-electron chi connectivity index (χ1n) is 8.75. The Kier molecular flexibility index (Phi) is 6.23. The Morgan fingerprint density at radius 2 is 1.92 bits per heavy atom.